The molecule has 0 aliphatic carbocycles. The number of aromatic amines is 1. The molecule has 3 aromatic heterocycles. The number of hydrogen-bond acceptors (Lipinski definition) is 5. The van der Waals surface area contributed by atoms with Crippen LogP contribution in [0.25, 0.3) is 0 Å². The fourth-order valence-electron chi connectivity index (χ4n) is 3.87. The number of Topliss-reactive ketones (excluding diaryl/α,β-unsaturated/α-hetero) is 1. The molecule has 1 fully saturated rings. The number of furan rings is 1. The third kappa shape index (κ3) is 4.33. The van der Waals surface area contributed by atoms with Gasteiger partial charge in [-0.15, -0.1) is 0 Å². The molecule has 1 saturated heterocycles. The molecule has 0 spiro atoms. The Morgan fingerprint density at radius 1 is 1.16 bits per heavy atom. The van der Waals surface area contributed by atoms with Crippen molar-refractivity contribution in [3.63, 3.8) is 0 Å². The van der Waals surface area contributed by atoms with E-state index in [1.54, 1.807) is 17.2 Å². The molecule has 1 aliphatic rings. The van der Waals surface area contributed by atoms with Crippen molar-refractivity contribution in [2.24, 2.45) is 0 Å². The molecule has 4 rings (SSSR count). The Balaban J connectivity index is 1.38. The fourth-order valence-corrected chi connectivity index (χ4v) is 3.87. The second kappa shape index (κ2) is 8.67. The van der Waals surface area contributed by atoms with Crippen molar-refractivity contribution in [3.05, 3.63) is 70.7 Å². The highest BCUT2D eigenvalue weighted by molar-refractivity contribution is 6.02. The predicted octanol–water partition coefficient (Wildman–Crippen LogP) is 3.35. The minimum absolute atomic E-state index is 0.113. The number of hydrogen-bond donors (Lipinski definition) is 1. The first-order valence-electron chi connectivity index (χ1n) is 10.3. The molecule has 0 aromatic carbocycles. The molecule has 8 nitrogen and oxygen atoms in total. The normalized spacial score (nSPS) is 13.5. The average Bonchev–Trinajstić information content (AvgIpc) is 3.56. The highest BCUT2D eigenvalue weighted by Crippen LogP contribution is 2.19. The van der Waals surface area contributed by atoms with E-state index in [0.717, 1.165) is 43.1 Å². The summed E-state index contributed by atoms with van der Waals surface area (Å²) < 4.78 is 12.6. The van der Waals surface area contributed by atoms with E-state index in [0.29, 0.717) is 23.4 Å². The number of amides is 1. The zero-order chi connectivity index (χ0) is 22.0. The quantitative estimate of drug-likeness (QED) is 0.464. The molecule has 1 aliphatic heterocycles. The van der Waals surface area contributed by atoms with Gasteiger partial charge in [0.2, 0.25) is 5.78 Å². The van der Waals surface area contributed by atoms with Crippen molar-refractivity contribution in [1.29, 1.82) is 0 Å². The van der Waals surface area contributed by atoms with Gasteiger partial charge in [0.1, 0.15) is 11.5 Å². The highest BCUT2D eigenvalue weighted by atomic mass is 16.5. The van der Waals surface area contributed by atoms with Gasteiger partial charge in [-0.25, -0.2) is 4.79 Å². The van der Waals surface area contributed by atoms with Crippen LogP contribution in [0.1, 0.15) is 61.2 Å². The van der Waals surface area contributed by atoms with Crippen LogP contribution in [-0.4, -0.2) is 51.8 Å². The summed E-state index contributed by atoms with van der Waals surface area (Å²) >= 11 is 0. The summed E-state index contributed by atoms with van der Waals surface area (Å²) in [5, 5.41) is 0. The standard InChI is InChI=1S/C23H25N3O5/c1-15-10-19(16(2)26(15)13-18-6-5-9-30-18)23(29)31-14-21(27)17-11-20(24-12-17)22(28)25-7-3-4-8-25/h5-6,9-12,24H,3-4,7-8,13-14H2,1-2H3. The monoisotopic (exact) mass is 423 g/mol. The van der Waals surface area contributed by atoms with Crippen molar-refractivity contribution in [2.45, 2.75) is 33.2 Å². The number of carbonyl (C=O) groups is 3. The van der Waals surface area contributed by atoms with Crippen LogP contribution in [0.2, 0.25) is 0 Å². The molecule has 3 aromatic rings. The van der Waals surface area contributed by atoms with E-state index in [-0.39, 0.29) is 11.7 Å². The van der Waals surface area contributed by atoms with E-state index in [9.17, 15) is 14.4 Å². The number of aryl methyl sites for hydroxylation is 1. The smallest absolute Gasteiger partial charge is 0.340 e. The molecule has 1 amide bonds. The third-order valence-corrected chi connectivity index (χ3v) is 5.65. The summed E-state index contributed by atoms with van der Waals surface area (Å²) in [5.41, 5.74) is 2.74. The summed E-state index contributed by atoms with van der Waals surface area (Å²) in [7, 11) is 0. The molecule has 4 heterocycles. The fraction of sp³-hybridized carbons (Fsp3) is 0.348. The Morgan fingerprint density at radius 3 is 2.65 bits per heavy atom. The number of H-pyrrole nitrogens is 1. The molecule has 1 N–H and O–H groups in total. The number of carbonyl (C=O) groups excluding carboxylic acids is 3. The minimum Gasteiger partial charge on any atom is -0.467 e. The summed E-state index contributed by atoms with van der Waals surface area (Å²) in [5.74, 6) is -0.258. The first kappa shape index (κ1) is 20.7. The predicted molar refractivity (Wildman–Crippen MR) is 112 cm³/mol. The van der Waals surface area contributed by atoms with Gasteiger partial charge in [0, 0.05) is 36.2 Å². The van der Waals surface area contributed by atoms with Crippen LogP contribution in [0.4, 0.5) is 0 Å². The Hall–Kier alpha value is -3.55. The van der Waals surface area contributed by atoms with E-state index in [1.807, 2.05) is 30.5 Å². The second-order valence-corrected chi connectivity index (χ2v) is 7.75. The number of aromatic nitrogens is 2. The lowest BCUT2D eigenvalue weighted by Crippen LogP contribution is -2.27. The maximum Gasteiger partial charge on any atom is 0.340 e. The van der Waals surface area contributed by atoms with Crippen molar-refractivity contribution < 1.29 is 23.5 Å². The van der Waals surface area contributed by atoms with Gasteiger partial charge in [-0.1, -0.05) is 0 Å². The SMILES string of the molecule is Cc1cc(C(=O)OCC(=O)c2c[nH]c(C(=O)N3CCCC3)c2)c(C)n1Cc1ccco1. The maximum absolute atomic E-state index is 12.6. The van der Waals surface area contributed by atoms with Crippen LogP contribution in [0, 0.1) is 13.8 Å². The van der Waals surface area contributed by atoms with Crippen LogP contribution in [-0.2, 0) is 11.3 Å². The number of nitrogens with zero attached hydrogens (tertiary/aromatic N) is 2. The van der Waals surface area contributed by atoms with E-state index in [1.165, 1.54) is 12.3 Å². The van der Waals surface area contributed by atoms with Gasteiger partial charge >= 0.3 is 5.97 Å². The molecular formula is C23H25N3O5. The first-order chi connectivity index (χ1) is 14.9. The lowest BCUT2D eigenvalue weighted by molar-refractivity contribution is 0.0473. The van der Waals surface area contributed by atoms with Gasteiger partial charge in [0.15, 0.2) is 6.61 Å². The van der Waals surface area contributed by atoms with Crippen LogP contribution in [0.5, 0.6) is 0 Å². The number of likely N-dealkylation sites (tertiary alicyclic amines) is 1. The molecular weight excluding hydrogens is 398 g/mol. The van der Waals surface area contributed by atoms with E-state index in [2.05, 4.69) is 4.98 Å². The van der Waals surface area contributed by atoms with Crippen molar-refractivity contribution >= 4 is 17.7 Å². The topological polar surface area (TPSA) is 97.5 Å². The summed E-state index contributed by atoms with van der Waals surface area (Å²) in [6.07, 6.45) is 5.08. The van der Waals surface area contributed by atoms with Crippen molar-refractivity contribution in [3.8, 4) is 0 Å². The minimum atomic E-state index is -0.559. The van der Waals surface area contributed by atoms with Gasteiger partial charge in [-0.05, 0) is 51.0 Å². The number of nitrogens with one attached hydrogen (secondary N) is 1. The lowest BCUT2D eigenvalue weighted by Gasteiger charge is -2.13. The molecule has 0 saturated carbocycles. The van der Waals surface area contributed by atoms with Crippen LogP contribution < -0.4 is 0 Å². The Labute approximate surface area is 179 Å². The molecule has 31 heavy (non-hydrogen) atoms. The van der Waals surface area contributed by atoms with Crippen molar-refractivity contribution in [1.82, 2.24) is 14.5 Å². The third-order valence-electron chi connectivity index (χ3n) is 5.65. The number of ether oxygens (including phenoxy) is 1. The molecule has 162 valence electrons. The van der Waals surface area contributed by atoms with Gasteiger partial charge in [-0.2, -0.15) is 0 Å². The summed E-state index contributed by atoms with van der Waals surface area (Å²) in [4.78, 5) is 42.1. The zero-order valence-corrected chi connectivity index (χ0v) is 17.6. The Morgan fingerprint density at radius 2 is 1.94 bits per heavy atom. The first-order valence-corrected chi connectivity index (χ1v) is 10.3. The second-order valence-electron chi connectivity index (χ2n) is 7.75. The zero-order valence-electron chi connectivity index (χ0n) is 17.6. The van der Waals surface area contributed by atoms with Gasteiger partial charge < -0.3 is 23.6 Å². The Kier molecular flexibility index (Phi) is 5.79. The Bertz CT molecular complexity index is 1100. The lowest BCUT2D eigenvalue weighted by atomic mass is 10.2. The van der Waals surface area contributed by atoms with Gasteiger partial charge in [0.25, 0.3) is 5.91 Å². The molecule has 0 bridgehead atoms. The van der Waals surface area contributed by atoms with Gasteiger partial charge in [0.05, 0.1) is 18.4 Å². The van der Waals surface area contributed by atoms with E-state index >= 15 is 0 Å². The van der Waals surface area contributed by atoms with E-state index < -0.39 is 12.6 Å². The molecule has 0 atom stereocenters. The summed E-state index contributed by atoms with van der Waals surface area (Å²) in [6, 6.07) is 6.95. The summed E-state index contributed by atoms with van der Waals surface area (Å²) in [6.45, 7) is 5.31. The van der Waals surface area contributed by atoms with Crippen LogP contribution in [0.3, 0.4) is 0 Å². The molecule has 8 heteroatoms. The van der Waals surface area contributed by atoms with E-state index in [4.69, 9.17) is 9.15 Å². The number of rotatable bonds is 7. The largest absolute Gasteiger partial charge is 0.467 e. The number of ketones is 1. The van der Waals surface area contributed by atoms with Crippen molar-refractivity contribution in [2.75, 3.05) is 19.7 Å². The molecule has 0 unspecified atom stereocenters. The maximum atomic E-state index is 12.6. The van der Waals surface area contributed by atoms with Crippen LogP contribution >= 0.6 is 0 Å². The molecule has 0 radical (unpaired) electrons. The van der Waals surface area contributed by atoms with Gasteiger partial charge in [-0.3, -0.25) is 9.59 Å². The highest BCUT2D eigenvalue weighted by Gasteiger charge is 2.23. The average molecular weight is 423 g/mol. The van der Waals surface area contributed by atoms with Crippen LogP contribution in [0.15, 0.2) is 41.1 Å². The number of esters is 1.